The molecule has 0 radical (unpaired) electrons. The average Bonchev–Trinajstić information content (AvgIpc) is 3.38. The number of amides is 4. The van der Waals surface area contributed by atoms with E-state index in [1.54, 1.807) is 0 Å². The van der Waals surface area contributed by atoms with E-state index < -0.39 is 246 Å². The van der Waals surface area contributed by atoms with Crippen LogP contribution in [-0.4, -0.2) is 320 Å². The lowest BCUT2D eigenvalue weighted by Gasteiger charge is -2.52. The van der Waals surface area contributed by atoms with Gasteiger partial charge in [-0.25, -0.2) is 9.59 Å². The van der Waals surface area contributed by atoms with Crippen molar-refractivity contribution in [3.05, 3.63) is 0 Å². The third-order valence-electron chi connectivity index (χ3n) is 13.9. The molecule has 5 saturated heterocycles. The Morgan fingerprint density at radius 3 is 1.41 bits per heavy atom. The molecule has 21 N–H and O–H groups in total. The van der Waals surface area contributed by atoms with Gasteiger partial charge in [-0.15, -0.1) is 0 Å². The minimum Gasteiger partial charge on any atom is -0.477 e. The Balaban J connectivity index is 1.58. The maximum atomic E-state index is 13.5. The van der Waals surface area contributed by atoms with Gasteiger partial charge in [-0.1, -0.05) is 0 Å². The highest BCUT2D eigenvalue weighted by Crippen LogP contribution is 2.41. The number of aliphatic hydroxyl groups is 15. The van der Waals surface area contributed by atoms with Crippen LogP contribution in [0.25, 0.3) is 0 Å². The van der Waals surface area contributed by atoms with Crippen molar-refractivity contribution in [2.45, 2.75) is 205 Å². The first kappa shape index (κ1) is 66.7. The summed E-state index contributed by atoms with van der Waals surface area (Å²) in [5.74, 6) is -14.2. The number of hydrogen-bond acceptors (Lipinski definition) is 30. The van der Waals surface area contributed by atoms with Crippen LogP contribution >= 0.6 is 0 Å². The number of rotatable bonds is 23. The molecular weight excluding hydrogens is 1100 g/mol. The van der Waals surface area contributed by atoms with Crippen LogP contribution in [0, 0.1) is 0 Å². The maximum absolute atomic E-state index is 13.5. The number of carbonyl (C=O) groups is 6. The second kappa shape index (κ2) is 28.0. The van der Waals surface area contributed by atoms with Gasteiger partial charge in [0.05, 0.1) is 57.3 Å². The second-order valence-corrected chi connectivity index (χ2v) is 19.8. The molecule has 460 valence electrons. The summed E-state index contributed by atoms with van der Waals surface area (Å²) in [6.45, 7) is -2.04. The van der Waals surface area contributed by atoms with E-state index >= 15 is 0 Å². The van der Waals surface area contributed by atoms with Crippen molar-refractivity contribution >= 4 is 35.6 Å². The fraction of sp³-hybridized carbons (Fsp3) is 0.864. The van der Waals surface area contributed by atoms with Gasteiger partial charge >= 0.3 is 11.9 Å². The van der Waals surface area contributed by atoms with E-state index in [1.165, 1.54) is 0 Å². The Bertz CT molecular complexity index is 2120. The molecule has 0 spiro atoms. The lowest BCUT2D eigenvalue weighted by Crippen LogP contribution is -2.72. The molecule has 0 saturated carbocycles. The van der Waals surface area contributed by atoms with Crippen LogP contribution in [0.5, 0.6) is 0 Å². The van der Waals surface area contributed by atoms with Gasteiger partial charge in [0.2, 0.25) is 23.6 Å². The summed E-state index contributed by atoms with van der Waals surface area (Å²) in [6, 6.07) is -7.17. The molecule has 0 aromatic carbocycles. The molecule has 5 rings (SSSR count). The Kier molecular flexibility index (Phi) is 23.3. The largest absolute Gasteiger partial charge is 0.477 e. The molecular formula is C44H72N4O32. The highest BCUT2D eigenvalue weighted by molar-refractivity contribution is 5.77. The smallest absolute Gasteiger partial charge is 0.364 e. The van der Waals surface area contributed by atoms with Crippen molar-refractivity contribution in [2.75, 3.05) is 33.0 Å². The molecule has 27 atom stereocenters. The van der Waals surface area contributed by atoms with E-state index in [-0.39, 0.29) is 0 Å². The number of ether oxygens (including phenoxy) is 9. The number of carbonyl (C=O) groups excluding carboxylic acids is 4. The summed E-state index contributed by atoms with van der Waals surface area (Å²) in [7, 11) is 0. The van der Waals surface area contributed by atoms with E-state index in [0.717, 1.165) is 27.7 Å². The molecule has 5 aliphatic rings. The first-order chi connectivity index (χ1) is 37.4. The standard InChI is InChI=1S/C44H72N4O32/c1-12(53)45-23-16(57)5-43(41(68)69,78-35(23)27(61)18(59)7-49)72-11-22-30(64)34(26(38(67)73-22)48-15(4)56)77-40-32(66)37(33(21(10-52)75-40)76-39-25(47-14(3)55)31(65)29(63)20(9-51)74-39)80-44(42(70)71)6-17(58)24(46-13(2)54)36(79-44)28(62)19(60)8-50/h16-40,49-52,57-67H,5-11H2,1-4H3,(H,45,53)(H,46,54)(H,47,55)(H,48,56)(H,68,69)(H,70,71)/t16-,17-,18+,19+,20+,21+,22+,23+,24+,25+,26+,27+,28+,29-,30-,31+,32+,33-,34+,35+,36+,37+,38?,39+,40-,43+,44-/m0/s1. The highest BCUT2D eigenvalue weighted by atomic mass is 16.8. The molecule has 80 heavy (non-hydrogen) atoms. The number of aliphatic hydroxyl groups excluding tert-OH is 15. The third-order valence-corrected chi connectivity index (χ3v) is 13.9. The lowest BCUT2D eigenvalue weighted by molar-refractivity contribution is -0.397. The van der Waals surface area contributed by atoms with Gasteiger partial charge in [0.15, 0.2) is 18.9 Å². The summed E-state index contributed by atoms with van der Waals surface area (Å²) in [5, 5.41) is 193. The van der Waals surface area contributed by atoms with Crippen LogP contribution < -0.4 is 21.3 Å². The maximum Gasteiger partial charge on any atom is 0.364 e. The fourth-order valence-corrected chi connectivity index (χ4v) is 9.93. The van der Waals surface area contributed by atoms with Crippen molar-refractivity contribution in [3.63, 3.8) is 0 Å². The predicted molar refractivity (Wildman–Crippen MR) is 247 cm³/mol. The Hall–Kier alpha value is -4.14. The van der Waals surface area contributed by atoms with Crippen molar-refractivity contribution in [2.24, 2.45) is 0 Å². The van der Waals surface area contributed by atoms with Gasteiger partial charge in [0.1, 0.15) is 110 Å². The molecule has 0 bridgehead atoms. The number of nitrogens with one attached hydrogen (secondary N) is 4. The van der Waals surface area contributed by atoms with Gasteiger partial charge < -0.3 is 151 Å². The van der Waals surface area contributed by atoms with Crippen LogP contribution in [0.15, 0.2) is 0 Å². The normalized spacial score (nSPS) is 42.0. The summed E-state index contributed by atoms with van der Waals surface area (Å²) in [6.07, 6.45) is -47.9. The zero-order chi connectivity index (χ0) is 60.0. The van der Waals surface area contributed by atoms with Crippen molar-refractivity contribution < 1.29 is 158 Å². The van der Waals surface area contributed by atoms with E-state index in [2.05, 4.69) is 21.3 Å². The molecule has 1 unspecified atom stereocenters. The summed E-state index contributed by atoms with van der Waals surface area (Å²) in [5.41, 5.74) is 0. The lowest BCUT2D eigenvalue weighted by atomic mass is 9.88. The Labute approximate surface area is 452 Å². The zero-order valence-electron chi connectivity index (χ0n) is 43.1. The van der Waals surface area contributed by atoms with E-state index in [4.69, 9.17) is 42.6 Å². The van der Waals surface area contributed by atoms with Crippen LogP contribution in [0.2, 0.25) is 0 Å². The van der Waals surface area contributed by atoms with Crippen molar-refractivity contribution in [1.82, 2.24) is 21.3 Å². The van der Waals surface area contributed by atoms with Gasteiger partial charge in [-0.2, -0.15) is 0 Å². The molecule has 4 amide bonds. The summed E-state index contributed by atoms with van der Waals surface area (Å²) in [4.78, 5) is 75.7. The van der Waals surface area contributed by atoms with Crippen LogP contribution in [0.4, 0.5) is 0 Å². The number of aliphatic carboxylic acids is 2. The first-order valence-electron chi connectivity index (χ1n) is 24.8. The predicted octanol–water partition coefficient (Wildman–Crippen LogP) is -12.9. The molecule has 36 heteroatoms. The summed E-state index contributed by atoms with van der Waals surface area (Å²) < 4.78 is 52.2. The van der Waals surface area contributed by atoms with Gasteiger partial charge in [0.25, 0.3) is 11.6 Å². The minimum atomic E-state index is -3.39. The molecule has 0 aromatic rings. The number of carboxylic acid groups (broad SMARTS) is 2. The topological polar surface area (TPSA) is 578 Å². The third kappa shape index (κ3) is 14.8. The molecule has 5 fully saturated rings. The van der Waals surface area contributed by atoms with E-state index in [0.29, 0.717) is 0 Å². The summed E-state index contributed by atoms with van der Waals surface area (Å²) >= 11 is 0. The molecule has 5 aliphatic heterocycles. The van der Waals surface area contributed by atoms with Gasteiger partial charge in [-0.05, 0) is 0 Å². The molecule has 5 heterocycles. The zero-order valence-corrected chi connectivity index (χ0v) is 43.1. The number of carboxylic acids is 2. The SMILES string of the molecule is CC(=O)N[C@H]1[C@@H](O[C@@H]2[C@H](O[C@]3(C(=O)O)C[C@H](O)[C@@H](NC(C)=O)[C@H]([C@H](O)[C@H](O)CO)O3)[C@@H](O)[C@H](O[C@H]3[C@@H](O)[C@@H](CO[C@]4(C(=O)O)C[C@H](O)[C@@H](NC(C)=O)[C@H]([C@H](O)[C@H](O)CO)O4)OC(O)[C@@H]3NC(C)=O)O[C@@H]2CO)O[C@H](CO)[C@H](O)[C@@H]1O. The highest BCUT2D eigenvalue weighted by Gasteiger charge is 2.62. The van der Waals surface area contributed by atoms with Gasteiger partial charge in [-0.3, -0.25) is 19.2 Å². The monoisotopic (exact) mass is 1170 g/mol. The van der Waals surface area contributed by atoms with Crippen molar-refractivity contribution in [3.8, 4) is 0 Å². The minimum absolute atomic E-state index is 0.823. The van der Waals surface area contributed by atoms with Crippen molar-refractivity contribution in [1.29, 1.82) is 0 Å². The first-order valence-corrected chi connectivity index (χ1v) is 24.8. The van der Waals surface area contributed by atoms with E-state index in [9.17, 15) is 116 Å². The van der Waals surface area contributed by atoms with Crippen LogP contribution in [0.3, 0.4) is 0 Å². The second-order valence-electron chi connectivity index (χ2n) is 19.8. The quantitative estimate of drug-likeness (QED) is 0.0452. The molecule has 0 aromatic heterocycles. The number of hydrogen-bond donors (Lipinski definition) is 21. The van der Waals surface area contributed by atoms with Crippen LogP contribution in [0.1, 0.15) is 40.5 Å². The van der Waals surface area contributed by atoms with E-state index in [1.807, 2.05) is 0 Å². The van der Waals surface area contributed by atoms with Gasteiger partial charge in [0, 0.05) is 40.5 Å². The van der Waals surface area contributed by atoms with Crippen LogP contribution in [-0.2, 0) is 71.4 Å². The average molecular weight is 1170 g/mol. The molecule has 36 nitrogen and oxygen atoms in total. The fourth-order valence-electron chi connectivity index (χ4n) is 9.93. The Morgan fingerprint density at radius 1 is 0.512 bits per heavy atom. The Morgan fingerprint density at radius 2 is 0.950 bits per heavy atom. The molecule has 0 aliphatic carbocycles.